The van der Waals surface area contributed by atoms with Crippen LogP contribution in [0.15, 0.2) is 54.9 Å². The second-order valence-corrected chi connectivity index (χ2v) is 6.59. The Kier molecular flexibility index (Phi) is 7.81. The Morgan fingerprint density at radius 3 is 2.26 bits per heavy atom. The van der Waals surface area contributed by atoms with Gasteiger partial charge < -0.3 is 10.2 Å². The first kappa shape index (κ1) is 21.4. The van der Waals surface area contributed by atoms with Gasteiger partial charge in [0, 0.05) is 25.7 Å². The molecule has 1 aliphatic rings. The zero-order valence-electron chi connectivity index (χ0n) is 15.4. The number of fused-ring (bicyclic) bond motifs is 3. The van der Waals surface area contributed by atoms with E-state index in [1.165, 1.54) is 16.7 Å². The number of hydrogen-bond donors (Lipinski definition) is 2. The van der Waals surface area contributed by atoms with Gasteiger partial charge in [0.25, 0.3) is 0 Å². The fourth-order valence-corrected chi connectivity index (χ4v) is 3.17. The van der Waals surface area contributed by atoms with Gasteiger partial charge in [-0.15, -0.1) is 35.9 Å². The SMILES string of the molecule is CC(O)CC(C)O.[Ir].[c-]1ccccc1-c1ncnc2c1Cc1ccccc1-2. The largest absolute Gasteiger partial charge is 0.393 e. The minimum Gasteiger partial charge on any atom is -0.393 e. The number of aliphatic hydroxyl groups is 2. The molecule has 0 saturated carbocycles. The van der Waals surface area contributed by atoms with Gasteiger partial charge in [-0.2, -0.15) is 0 Å². The van der Waals surface area contributed by atoms with E-state index in [1.807, 2.05) is 24.3 Å². The van der Waals surface area contributed by atoms with E-state index in [-0.39, 0.29) is 32.3 Å². The standard InChI is InChI=1S/C17H11N2.C5H12O2.Ir/c1-2-6-12(7-3-1)16-15-10-13-8-4-5-9-14(13)17(15)19-11-18-16;1-4(6)3-5(2)7;/h1-6,8-9,11H,10H2;4-7H,3H2,1-2H3;/q-1;;. The second kappa shape index (κ2) is 9.86. The quantitative estimate of drug-likeness (QED) is 0.390. The first-order valence-electron chi connectivity index (χ1n) is 8.81. The molecule has 3 aromatic rings. The van der Waals surface area contributed by atoms with Crippen molar-refractivity contribution in [2.24, 2.45) is 0 Å². The maximum Gasteiger partial charge on any atom is 0.106 e. The van der Waals surface area contributed by atoms with Gasteiger partial charge >= 0.3 is 0 Å². The zero-order valence-corrected chi connectivity index (χ0v) is 17.8. The molecule has 5 heteroatoms. The first-order valence-corrected chi connectivity index (χ1v) is 8.81. The Morgan fingerprint density at radius 1 is 0.963 bits per heavy atom. The molecule has 0 bridgehead atoms. The molecule has 27 heavy (non-hydrogen) atoms. The molecular weight excluding hydrogens is 516 g/mol. The molecule has 143 valence electrons. The van der Waals surface area contributed by atoms with Gasteiger partial charge in [-0.25, -0.2) is 4.98 Å². The van der Waals surface area contributed by atoms with Crippen LogP contribution in [0.1, 0.15) is 31.4 Å². The van der Waals surface area contributed by atoms with E-state index in [9.17, 15) is 0 Å². The predicted octanol–water partition coefficient (Wildman–Crippen LogP) is 3.65. The summed E-state index contributed by atoms with van der Waals surface area (Å²) in [6.45, 7) is 3.32. The van der Waals surface area contributed by atoms with Gasteiger partial charge in [0.05, 0.1) is 17.9 Å². The molecule has 0 amide bonds. The minimum absolute atomic E-state index is 0. The molecule has 4 rings (SSSR count). The maximum absolute atomic E-state index is 8.56. The van der Waals surface area contributed by atoms with E-state index in [2.05, 4.69) is 40.3 Å². The van der Waals surface area contributed by atoms with E-state index in [0.717, 1.165) is 23.4 Å². The van der Waals surface area contributed by atoms with Gasteiger partial charge in [-0.3, -0.25) is 4.98 Å². The topological polar surface area (TPSA) is 66.2 Å². The smallest absolute Gasteiger partial charge is 0.106 e. The molecule has 4 nitrogen and oxygen atoms in total. The number of benzene rings is 2. The molecule has 0 saturated heterocycles. The molecule has 2 unspecified atom stereocenters. The molecule has 2 N–H and O–H groups in total. The average molecular weight is 540 g/mol. The molecule has 1 aliphatic carbocycles. The molecule has 1 aromatic heterocycles. The number of rotatable bonds is 3. The summed E-state index contributed by atoms with van der Waals surface area (Å²) in [5.74, 6) is 0. The molecule has 1 heterocycles. The van der Waals surface area contributed by atoms with Crippen molar-refractivity contribution in [3.63, 3.8) is 0 Å². The molecular formula is C22H23IrN2O2-. The van der Waals surface area contributed by atoms with E-state index >= 15 is 0 Å². The van der Waals surface area contributed by atoms with Crippen LogP contribution in [0.2, 0.25) is 0 Å². The van der Waals surface area contributed by atoms with Crippen molar-refractivity contribution >= 4 is 0 Å². The van der Waals surface area contributed by atoms with Crippen molar-refractivity contribution < 1.29 is 30.3 Å². The number of aromatic nitrogens is 2. The van der Waals surface area contributed by atoms with E-state index in [0.29, 0.717) is 6.42 Å². The Morgan fingerprint density at radius 2 is 1.63 bits per heavy atom. The molecule has 1 radical (unpaired) electrons. The third-order valence-electron chi connectivity index (χ3n) is 4.23. The molecule has 2 atom stereocenters. The van der Waals surface area contributed by atoms with Crippen LogP contribution in [0.5, 0.6) is 0 Å². The van der Waals surface area contributed by atoms with Crippen LogP contribution in [0.3, 0.4) is 0 Å². The summed E-state index contributed by atoms with van der Waals surface area (Å²) in [5.41, 5.74) is 6.88. The number of nitrogens with zero attached hydrogens (tertiary/aromatic N) is 2. The van der Waals surface area contributed by atoms with Gasteiger partial charge in [-0.05, 0) is 43.5 Å². The van der Waals surface area contributed by atoms with Crippen molar-refractivity contribution in [2.45, 2.75) is 38.9 Å². The van der Waals surface area contributed by atoms with Crippen LogP contribution in [0, 0.1) is 6.07 Å². The third-order valence-corrected chi connectivity index (χ3v) is 4.23. The Hall–Kier alpha value is -1.91. The van der Waals surface area contributed by atoms with Gasteiger partial charge in [0.1, 0.15) is 6.33 Å². The van der Waals surface area contributed by atoms with Crippen molar-refractivity contribution in [1.29, 1.82) is 0 Å². The fourth-order valence-electron chi connectivity index (χ4n) is 3.17. The van der Waals surface area contributed by atoms with Gasteiger partial charge in [0.15, 0.2) is 0 Å². The molecule has 0 aliphatic heterocycles. The van der Waals surface area contributed by atoms with Crippen LogP contribution in [0.4, 0.5) is 0 Å². The average Bonchev–Trinajstić information content (AvgIpc) is 3.00. The first-order chi connectivity index (χ1) is 12.6. The number of hydrogen-bond acceptors (Lipinski definition) is 4. The normalized spacial score (nSPS) is 13.3. The van der Waals surface area contributed by atoms with E-state index in [4.69, 9.17) is 10.2 Å². The summed E-state index contributed by atoms with van der Waals surface area (Å²) in [4.78, 5) is 8.92. The predicted molar refractivity (Wildman–Crippen MR) is 103 cm³/mol. The van der Waals surface area contributed by atoms with Crippen LogP contribution < -0.4 is 0 Å². The third kappa shape index (κ3) is 5.30. The zero-order chi connectivity index (χ0) is 18.5. The van der Waals surface area contributed by atoms with Crippen molar-refractivity contribution in [2.75, 3.05) is 0 Å². The van der Waals surface area contributed by atoms with Crippen LogP contribution >= 0.6 is 0 Å². The van der Waals surface area contributed by atoms with E-state index < -0.39 is 0 Å². The minimum atomic E-state index is -0.375. The fraction of sp³-hybridized carbons (Fsp3) is 0.273. The molecule has 0 fully saturated rings. The Balaban J connectivity index is 0.000000285. The van der Waals surface area contributed by atoms with Gasteiger partial charge in [0.2, 0.25) is 0 Å². The van der Waals surface area contributed by atoms with Crippen LogP contribution in [-0.4, -0.2) is 32.4 Å². The van der Waals surface area contributed by atoms with E-state index in [1.54, 1.807) is 20.2 Å². The molecule has 2 aromatic carbocycles. The Bertz CT molecular complexity index is 861. The van der Waals surface area contributed by atoms with Crippen molar-refractivity contribution in [3.8, 4) is 22.5 Å². The summed E-state index contributed by atoms with van der Waals surface area (Å²) in [6.07, 6.45) is 2.28. The van der Waals surface area contributed by atoms with Crippen LogP contribution in [0.25, 0.3) is 22.5 Å². The summed E-state index contributed by atoms with van der Waals surface area (Å²) >= 11 is 0. The molecule has 0 spiro atoms. The summed E-state index contributed by atoms with van der Waals surface area (Å²) in [7, 11) is 0. The summed E-state index contributed by atoms with van der Waals surface area (Å²) in [5, 5.41) is 17.1. The summed E-state index contributed by atoms with van der Waals surface area (Å²) in [6, 6.07) is 19.6. The van der Waals surface area contributed by atoms with Crippen molar-refractivity contribution in [1.82, 2.24) is 9.97 Å². The summed E-state index contributed by atoms with van der Waals surface area (Å²) < 4.78 is 0. The second-order valence-electron chi connectivity index (χ2n) is 6.59. The van der Waals surface area contributed by atoms with Crippen LogP contribution in [-0.2, 0) is 26.5 Å². The number of aliphatic hydroxyl groups excluding tert-OH is 2. The van der Waals surface area contributed by atoms with Crippen molar-refractivity contribution in [3.05, 3.63) is 72.1 Å². The monoisotopic (exact) mass is 540 g/mol. The maximum atomic E-state index is 8.56. The Labute approximate surface area is 173 Å². The van der Waals surface area contributed by atoms with Gasteiger partial charge in [-0.1, -0.05) is 24.3 Å².